The number of nitrogens with one attached hydrogen (secondary N) is 2. The lowest BCUT2D eigenvalue weighted by Gasteiger charge is -2.20. The average molecular weight is 483 g/mol. The van der Waals surface area contributed by atoms with Crippen LogP contribution < -0.4 is 27.1 Å². The molecule has 3 amide bonds. The Hall–Kier alpha value is -3.82. The number of furan rings is 1. The molecule has 10 nitrogen and oxygen atoms in total. The van der Waals surface area contributed by atoms with E-state index in [1.807, 2.05) is 13.0 Å². The van der Waals surface area contributed by atoms with Gasteiger partial charge in [-0.1, -0.05) is 0 Å². The molecule has 0 bridgehead atoms. The third kappa shape index (κ3) is 4.87. The molecule has 0 aliphatic heterocycles. The number of hydrogen-bond donors (Lipinski definition) is 3. The van der Waals surface area contributed by atoms with Gasteiger partial charge in [0.15, 0.2) is 0 Å². The lowest BCUT2D eigenvalue weighted by molar-refractivity contribution is -0.308. The van der Waals surface area contributed by atoms with Crippen molar-refractivity contribution in [3.05, 3.63) is 44.5 Å². The third-order valence-electron chi connectivity index (χ3n) is 6.65. The van der Waals surface area contributed by atoms with E-state index in [4.69, 9.17) is 14.6 Å². The summed E-state index contributed by atoms with van der Waals surface area (Å²) in [6.45, 7) is 3.77. The Bertz CT molecular complexity index is 1390. The summed E-state index contributed by atoms with van der Waals surface area (Å²) in [7, 11) is 0. The molecular formula is C25H28N3O7-. The first-order valence-electron chi connectivity index (χ1n) is 11.7. The van der Waals surface area contributed by atoms with E-state index < -0.39 is 29.6 Å². The highest BCUT2D eigenvalue weighted by molar-refractivity contribution is 6.00. The molecule has 0 saturated heterocycles. The number of carboxylic acids is 1. The second kappa shape index (κ2) is 9.81. The number of urea groups is 1. The van der Waals surface area contributed by atoms with Crippen LogP contribution in [-0.2, 0) is 28.9 Å². The Labute approximate surface area is 200 Å². The van der Waals surface area contributed by atoms with Gasteiger partial charge in [-0.2, -0.15) is 0 Å². The zero-order valence-electron chi connectivity index (χ0n) is 19.7. The molecule has 35 heavy (non-hydrogen) atoms. The van der Waals surface area contributed by atoms with Crippen LogP contribution in [0, 0.1) is 13.8 Å². The predicted octanol–water partition coefficient (Wildman–Crippen LogP) is 1.26. The summed E-state index contributed by atoms with van der Waals surface area (Å²) in [6.07, 6.45) is 3.93. The standard InChI is InChI=1S/C25H29N3O7/c1-12-15-10-17-14-6-3-4-8-19(14)34-22(17)13(2)21(15)35-24(32)16(12)11-20(29)28-18(23(30)31)7-5-9-27-25(26)33/h10,18H,3-9,11H2,1-2H3,(H,28,29)(H,30,31)(H3,26,27,33)/p-1/t18-/m0/s1. The quantitative estimate of drug-likeness (QED) is 0.321. The summed E-state index contributed by atoms with van der Waals surface area (Å²) in [5.41, 5.74) is 8.17. The first-order valence-corrected chi connectivity index (χ1v) is 11.7. The van der Waals surface area contributed by atoms with Gasteiger partial charge in [-0.25, -0.2) is 9.59 Å². The van der Waals surface area contributed by atoms with Gasteiger partial charge in [0.25, 0.3) is 0 Å². The molecule has 0 radical (unpaired) electrons. The Morgan fingerprint density at radius 3 is 2.51 bits per heavy atom. The van der Waals surface area contributed by atoms with Gasteiger partial charge in [-0.15, -0.1) is 0 Å². The molecule has 4 N–H and O–H groups in total. The number of carboxylic acid groups (broad SMARTS) is 1. The van der Waals surface area contributed by atoms with Gasteiger partial charge in [0.05, 0.1) is 24.0 Å². The Balaban J connectivity index is 1.60. The van der Waals surface area contributed by atoms with Crippen molar-refractivity contribution in [2.45, 2.75) is 64.8 Å². The first-order chi connectivity index (χ1) is 16.7. The summed E-state index contributed by atoms with van der Waals surface area (Å²) in [5.74, 6) is -1.12. The van der Waals surface area contributed by atoms with Crippen molar-refractivity contribution in [2.75, 3.05) is 6.54 Å². The fourth-order valence-electron chi connectivity index (χ4n) is 4.79. The molecule has 0 unspecified atom stereocenters. The number of benzene rings is 1. The summed E-state index contributed by atoms with van der Waals surface area (Å²) in [6, 6.07) is -0.0361. The summed E-state index contributed by atoms with van der Waals surface area (Å²) in [4.78, 5) is 47.6. The zero-order chi connectivity index (χ0) is 25.3. The van der Waals surface area contributed by atoms with E-state index in [-0.39, 0.29) is 31.4 Å². The highest BCUT2D eigenvalue weighted by Gasteiger charge is 2.24. The van der Waals surface area contributed by atoms with Crippen LogP contribution in [0.5, 0.6) is 0 Å². The van der Waals surface area contributed by atoms with Crippen molar-refractivity contribution < 1.29 is 28.3 Å². The smallest absolute Gasteiger partial charge is 0.340 e. The molecule has 2 aromatic heterocycles. The van der Waals surface area contributed by atoms with Gasteiger partial charge in [-0.3, -0.25) is 4.79 Å². The van der Waals surface area contributed by atoms with Crippen molar-refractivity contribution in [3.63, 3.8) is 0 Å². The number of fused-ring (bicyclic) bond motifs is 4. The zero-order valence-corrected chi connectivity index (χ0v) is 19.7. The number of rotatable bonds is 8. The molecule has 0 fully saturated rings. The lowest BCUT2D eigenvalue weighted by atomic mass is 9.93. The van der Waals surface area contributed by atoms with Crippen LogP contribution in [0.2, 0.25) is 0 Å². The average Bonchev–Trinajstić information content (AvgIpc) is 3.18. The van der Waals surface area contributed by atoms with Gasteiger partial charge in [0.1, 0.15) is 16.9 Å². The number of nitrogens with two attached hydrogens (primary N) is 1. The van der Waals surface area contributed by atoms with E-state index in [1.165, 1.54) is 5.56 Å². The molecule has 1 atom stereocenters. The normalized spacial score (nSPS) is 14.0. The number of carbonyl (C=O) groups excluding carboxylic acids is 3. The van der Waals surface area contributed by atoms with E-state index in [9.17, 15) is 24.3 Å². The van der Waals surface area contributed by atoms with Gasteiger partial charge in [0.2, 0.25) is 5.91 Å². The van der Waals surface area contributed by atoms with Crippen LogP contribution in [0.1, 0.15) is 53.7 Å². The van der Waals surface area contributed by atoms with E-state index in [2.05, 4.69) is 10.6 Å². The molecule has 1 aromatic carbocycles. The molecule has 0 spiro atoms. The molecule has 3 aromatic rings. The third-order valence-corrected chi connectivity index (χ3v) is 6.65. The van der Waals surface area contributed by atoms with E-state index >= 15 is 0 Å². The van der Waals surface area contributed by atoms with Crippen molar-refractivity contribution >= 4 is 39.8 Å². The maximum absolute atomic E-state index is 12.8. The number of hydrogen-bond acceptors (Lipinski definition) is 7. The monoisotopic (exact) mass is 482 g/mol. The second-order valence-electron chi connectivity index (χ2n) is 9.01. The van der Waals surface area contributed by atoms with Crippen molar-refractivity contribution in [3.8, 4) is 0 Å². The predicted molar refractivity (Wildman–Crippen MR) is 126 cm³/mol. The Morgan fingerprint density at radius 1 is 1.09 bits per heavy atom. The van der Waals surface area contributed by atoms with Crippen LogP contribution in [0.15, 0.2) is 19.7 Å². The summed E-state index contributed by atoms with van der Waals surface area (Å²) < 4.78 is 11.7. The fraction of sp³-hybridized carbons (Fsp3) is 0.440. The maximum atomic E-state index is 12.8. The molecule has 1 aliphatic carbocycles. The van der Waals surface area contributed by atoms with Gasteiger partial charge in [-0.05, 0) is 57.6 Å². The van der Waals surface area contributed by atoms with Crippen LogP contribution in [0.25, 0.3) is 21.9 Å². The Morgan fingerprint density at radius 2 is 1.80 bits per heavy atom. The lowest BCUT2D eigenvalue weighted by Crippen LogP contribution is -2.48. The number of aryl methyl sites for hydroxylation is 4. The van der Waals surface area contributed by atoms with E-state index in [0.29, 0.717) is 11.1 Å². The number of aliphatic carboxylic acids is 1. The molecule has 10 heteroatoms. The molecule has 2 heterocycles. The fourth-order valence-corrected chi connectivity index (χ4v) is 4.79. The van der Waals surface area contributed by atoms with Gasteiger partial charge in [0, 0.05) is 34.9 Å². The SMILES string of the molecule is Cc1c(CC(=O)N[C@@H](CCCNC(N)=O)C(=O)[O-])c(=O)oc2c(C)c3oc4c(c3cc12)CCCC4. The van der Waals surface area contributed by atoms with Gasteiger partial charge >= 0.3 is 11.7 Å². The van der Waals surface area contributed by atoms with Crippen molar-refractivity contribution in [1.29, 1.82) is 0 Å². The minimum absolute atomic E-state index is 0.0302. The highest BCUT2D eigenvalue weighted by atomic mass is 16.4. The van der Waals surface area contributed by atoms with E-state index in [1.54, 1.807) is 6.92 Å². The topological polar surface area (TPSA) is 168 Å². The van der Waals surface area contributed by atoms with E-state index in [0.717, 1.165) is 53.4 Å². The van der Waals surface area contributed by atoms with Crippen LogP contribution in [0.3, 0.4) is 0 Å². The molecular weight excluding hydrogens is 454 g/mol. The minimum atomic E-state index is -1.46. The Kier molecular flexibility index (Phi) is 6.81. The van der Waals surface area contributed by atoms with Crippen molar-refractivity contribution in [1.82, 2.24) is 10.6 Å². The summed E-state index contributed by atoms with van der Waals surface area (Å²) >= 11 is 0. The van der Waals surface area contributed by atoms with Crippen LogP contribution in [-0.4, -0.2) is 30.5 Å². The number of primary amides is 1. The molecule has 1 aliphatic rings. The maximum Gasteiger partial charge on any atom is 0.340 e. The molecule has 186 valence electrons. The van der Waals surface area contributed by atoms with Crippen LogP contribution >= 0.6 is 0 Å². The van der Waals surface area contributed by atoms with Crippen molar-refractivity contribution in [2.24, 2.45) is 5.73 Å². The largest absolute Gasteiger partial charge is 0.548 e. The number of amides is 3. The number of carbonyl (C=O) groups is 3. The first kappa shape index (κ1) is 24.3. The minimum Gasteiger partial charge on any atom is -0.548 e. The second-order valence-corrected chi connectivity index (χ2v) is 9.01. The van der Waals surface area contributed by atoms with Crippen LogP contribution in [0.4, 0.5) is 4.79 Å². The van der Waals surface area contributed by atoms with Gasteiger partial charge < -0.3 is 35.1 Å². The molecule has 4 rings (SSSR count). The summed E-state index contributed by atoms with van der Waals surface area (Å²) in [5, 5.41) is 17.9. The molecule has 0 saturated carbocycles. The highest BCUT2D eigenvalue weighted by Crippen LogP contribution is 2.37.